The van der Waals surface area contributed by atoms with E-state index in [2.05, 4.69) is 24.4 Å². The largest absolute Gasteiger partial charge is 0.497 e. The van der Waals surface area contributed by atoms with E-state index >= 15 is 0 Å². The van der Waals surface area contributed by atoms with E-state index in [1.54, 1.807) is 23.1 Å². The molecule has 1 N–H and O–H groups in total. The van der Waals surface area contributed by atoms with Gasteiger partial charge in [0, 0.05) is 17.9 Å². The smallest absolute Gasteiger partial charge is 0.226 e. The Morgan fingerprint density at radius 1 is 1.17 bits per heavy atom. The van der Waals surface area contributed by atoms with Crippen molar-refractivity contribution in [2.45, 2.75) is 26.2 Å². The third-order valence-electron chi connectivity index (χ3n) is 5.33. The molecule has 1 aliphatic rings. The number of hydrogen-bond acceptors (Lipinski definition) is 5. The number of nitrogens with one attached hydrogen (secondary N) is 1. The highest BCUT2D eigenvalue weighted by molar-refractivity contribution is 7.20. The number of ether oxygens (including phenoxy) is 1. The molecule has 146 valence electrons. The van der Waals surface area contributed by atoms with Crippen molar-refractivity contribution in [1.29, 1.82) is 0 Å². The van der Waals surface area contributed by atoms with Crippen LogP contribution in [0.3, 0.4) is 0 Å². The van der Waals surface area contributed by atoms with Gasteiger partial charge < -0.3 is 10.1 Å². The number of anilines is 1. The molecular weight excluding hydrogens is 384 g/mol. The van der Waals surface area contributed by atoms with Gasteiger partial charge in [-0.1, -0.05) is 29.5 Å². The summed E-state index contributed by atoms with van der Waals surface area (Å²) < 4.78 is 8.15. The van der Waals surface area contributed by atoms with Crippen molar-refractivity contribution in [3.8, 4) is 10.9 Å². The molecule has 29 heavy (non-hydrogen) atoms. The zero-order chi connectivity index (χ0) is 20.1. The number of carbonyl (C=O) groups is 1. The quantitative estimate of drug-likeness (QED) is 0.543. The maximum Gasteiger partial charge on any atom is 0.226 e. The van der Waals surface area contributed by atoms with E-state index in [-0.39, 0.29) is 11.8 Å². The summed E-state index contributed by atoms with van der Waals surface area (Å²) in [5, 5.41) is 8.53. The first-order chi connectivity index (χ1) is 14.0. The Labute approximate surface area is 172 Å². The number of thiazole rings is 1. The van der Waals surface area contributed by atoms with Gasteiger partial charge in [0.2, 0.25) is 11.0 Å². The summed E-state index contributed by atoms with van der Waals surface area (Å²) in [6.07, 6.45) is 0.394. The van der Waals surface area contributed by atoms with Crippen LogP contribution in [0, 0.1) is 13.8 Å². The van der Waals surface area contributed by atoms with Crippen molar-refractivity contribution in [1.82, 2.24) is 14.8 Å². The average Bonchev–Trinajstić information content (AvgIpc) is 3.28. The maximum absolute atomic E-state index is 12.5. The third-order valence-corrected chi connectivity index (χ3v) is 6.33. The molecule has 7 heteroatoms. The normalized spacial score (nSPS) is 16.0. The molecule has 0 unspecified atom stereocenters. The second-order valence-corrected chi connectivity index (χ2v) is 8.31. The Morgan fingerprint density at radius 2 is 1.97 bits per heavy atom. The van der Waals surface area contributed by atoms with Gasteiger partial charge in [0.25, 0.3) is 0 Å². The Morgan fingerprint density at radius 3 is 2.72 bits per heavy atom. The van der Waals surface area contributed by atoms with E-state index < -0.39 is 0 Å². The van der Waals surface area contributed by atoms with Crippen LogP contribution in [0.5, 0.6) is 5.75 Å². The molecule has 0 aliphatic carbocycles. The summed E-state index contributed by atoms with van der Waals surface area (Å²) >= 11 is 1.58. The summed E-state index contributed by atoms with van der Waals surface area (Å²) in [5.41, 5.74) is 5.15. The fraction of sp³-hybridized carbons (Fsp3) is 0.227. The number of benzene rings is 2. The molecule has 1 atom stereocenters. The fourth-order valence-corrected chi connectivity index (χ4v) is 4.94. The summed E-state index contributed by atoms with van der Waals surface area (Å²) in [4.78, 5) is 17.3. The van der Waals surface area contributed by atoms with Crippen LogP contribution >= 0.6 is 11.3 Å². The topological polar surface area (TPSA) is 69.0 Å². The standard InChI is InChI=1S/C22H20N4O2S/c1-12-4-9-17-18(10-12)29-22(23-17)26-21-20(13(2)25-26)16(11-19(27)24-21)14-5-7-15(28-3)8-6-14/h4-10,16H,11H2,1-3H3,(H,24,27)/t16-/m0/s1. The second kappa shape index (κ2) is 6.70. The number of carbonyl (C=O) groups excluding carboxylic acids is 1. The molecule has 2 aromatic carbocycles. The molecule has 5 rings (SSSR count). The highest BCUT2D eigenvalue weighted by Crippen LogP contribution is 2.41. The first-order valence-corrected chi connectivity index (χ1v) is 10.3. The Bertz CT molecular complexity index is 1240. The number of aromatic nitrogens is 3. The van der Waals surface area contributed by atoms with Gasteiger partial charge in [-0.25, -0.2) is 4.98 Å². The van der Waals surface area contributed by atoms with Gasteiger partial charge in [-0.2, -0.15) is 9.78 Å². The summed E-state index contributed by atoms with van der Waals surface area (Å²) in [6, 6.07) is 14.1. The van der Waals surface area contributed by atoms with Crippen LogP contribution in [0.1, 0.15) is 34.7 Å². The highest BCUT2D eigenvalue weighted by Gasteiger charge is 2.33. The molecule has 1 amide bonds. The molecule has 2 aromatic heterocycles. The van der Waals surface area contributed by atoms with Crippen molar-refractivity contribution < 1.29 is 9.53 Å². The van der Waals surface area contributed by atoms with Crippen molar-refractivity contribution in [2.75, 3.05) is 12.4 Å². The van der Waals surface area contributed by atoms with Gasteiger partial charge in [0.15, 0.2) is 0 Å². The minimum atomic E-state index is -0.0463. The molecular formula is C22H20N4O2S. The lowest BCUT2D eigenvalue weighted by molar-refractivity contribution is -0.116. The van der Waals surface area contributed by atoms with E-state index in [1.807, 2.05) is 37.3 Å². The first kappa shape index (κ1) is 17.9. The van der Waals surface area contributed by atoms with Crippen LogP contribution in [-0.4, -0.2) is 27.8 Å². The molecule has 0 bridgehead atoms. The number of hydrogen-bond donors (Lipinski definition) is 1. The monoisotopic (exact) mass is 404 g/mol. The van der Waals surface area contributed by atoms with Crippen LogP contribution in [0.4, 0.5) is 5.82 Å². The Hall–Kier alpha value is -3.19. The highest BCUT2D eigenvalue weighted by atomic mass is 32.1. The third kappa shape index (κ3) is 2.98. The molecule has 0 saturated heterocycles. The summed E-state index contributed by atoms with van der Waals surface area (Å²) in [6.45, 7) is 4.05. The zero-order valence-electron chi connectivity index (χ0n) is 16.4. The number of amides is 1. The molecule has 3 heterocycles. The molecule has 0 saturated carbocycles. The van der Waals surface area contributed by atoms with Gasteiger partial charge >= 0.3 is 0 Å². The van der Waals surface area contributed by atoms with E-state index in [4.69, 9.17) is 14.8 Å². The SMILES string of the molecule is COc1ccc([C@@H]2CC(=O)Nc3c2c(C)nn3-c2nc3ccc(C)cc3s2)cc1. The van der Waals surface area contributed by atoms with Crippen LogP contribution in [0.2, 0.25) is 0 Å². The van der Waals surface area contributed by atoms with Crippen LogP contribution < -0.4 is 10.1 Å². The molecule has 1 aliphatic heterocycles. The van der Waals surface area contributed by atoms with E-state index in [0.717, 1.165) is 43.7 Å². The minimum Gasteiger partial charge on any atom is -0.497 e. The first-order valence-electron chi connectivity index (χ1n) is 9.44. The van der Waals surface area contributed by atoms with Gasteiger partial charge in [0.1, 0.15) is 11.6 Å². The van der Waals surface area contributed by atoms with Crippen molar-refractivity contribution in [3.05, 3.63) is 64.8 Å². The lowest BCUT2D eigenvalue weighted by atomic mass is 9.86. The average molecular weight is 404 g/mol. The number of aryl methyl sites for hydroxylation is 2. The second-order valence-electron chi connectivity index (χ2n) is 7.31. The summed E-state index contributed by atoms with van der Waals surface area (Å²) in [7, 11) is 1.65. The van der Waals surface area contributed by atoms with Crippen molar-refractivity contribution in [2.24, 2.45) is 0 Å². The summed E-state index contributed by atoms with van der Waals surface area (Å²) in [5.74, 6) is 1.45. The molecule has 0 spiro atoms. The fourth-order valence-electron chi connectivity index (χ4n) is 3.92. The van der Waals surface area contributed by atoms with Crippen LogP contribution in [-0.2, 0) is 4.79 Å². The number of rotatable bonds is 3. The number of nitrogens with zero attached hydrogens (tertiary/aromatic N) is 3. The van der Waals surface area contributed by atoms with Gasteiger partial charge in [0.05, 0.1) is 23.0 Å². The van der Waals surface area contributed by atoms with Crippen molar-refractivity contribution >= 4 is 33.3 Å². The van der Waals surface area contributed by atoms with Gasteiger partial charge in [-0.15, -0.1) is 0 Å². The number of methoxy groups -OCH3 is 1. The maximum atomic E-state index is 12.5. The van der Waals surface area contributed by atoms with E-state index in [9.17, 15) is 4.79 Å². The molecule has 0 fully saturated rings. The van der Waals surface area contributed by atoms with E-state index in [0.29, 0.717) is 6.42 Å². The molecule has 4 aromatic rings. The van der Waals surface area contributed by atoms with Gasteiger partial charge in [-0.3, -0.25) is 4.79 Å². The van der Waals surface area contributed by atoms with Crippen LogP contribution in [0.15, 0.2) is 42.5 Å². The molecule has 6 nitrogen and oxygen atoms in total. The van der Waals surface area contributed by atoms with Gasteiger partial charge in [-0.05, 0) is 49.2 Å². The lowest BCUT2D eigenvalue weighted by Gasteiger charge is -2.24. The zero-order valence-corrected chi connectivity index (χ0v) is 17.2. The predicted octanol–water partition coefficient (Wildman–Crippen LogP) is 4.58. The van der Waals surface area contributed by atoms with E-state index in [1.165, 1.54) is 5.56 Å². The number of fused-ring (bicyclic) bond motifs is 2. The lowest BCUT2D eigenvalue weighted by Crippen LogP contribution is -2.24. The Kier molecular flexibility index (Phi) is 4.13. The van der Waals surface area contributed by atoms with Crippen molar-refractivity contribution in [3.63, 3.8) is 0 Å². The Balaban J connectivity index is 1.64. The molecule has 0 radical (unpaired) electrons. The van der Waals surface area contributed by atoms with Crippen LogP contribution in [0.25, 0.3) is 15.3 Å². The predicted molar refractivity (Wildman–Crippen MR) is 114 cm³/mol. The minimum absolute atomic E-state index is 0.0172.